The summed E-state index contributed by atoms with van der Waals surface area (Å²) in [7, 11) is 0. The number of hydrogen-bond donors (Lipinski definition) is 2. The highest BCUT2D eigenvalue weighted by Gasteiger charge is 2.21. The minimum absolute atomic E-state index is 0.173. The number of aryl methyl sites for hydroxylation is 1. The second-order valence-corrected chi connectivity index (χ2v) is 7.39. The first kappa shape index (κ1) is 20.0. The van der Waals surface area contributed by atoms with Gasteiger partial charge in [0.05, 0.1) is 19.3 Å². The summed E-state index contributed by atoms with van der Waals surface area (Å²) in [5.41, 5.74) is 2.26. The molecule has 0 fully saturated rings. The molecule has 0 saturated heterocycles. The van der Waals surface area contributed by atoms with E-state index in [1.165, 1.54) is 6.07 Å². The number of urea groups is 1. The summed E-state index contributed by atoms with van der Waals surface area (Å²) in [5.74, 6) is 1.34. The van der Waals surface area contributed by atoms with Crippen LogP contribution in [0.1, 0.15) is 43.0 Å². The number of nitrogens with one attached hydrogen (secondary N) is 2. The van der Waals surface area contributed by atoms with Crippen LogP contribution in [0.5, 0.6) is 11.5 Å². The maximum absolute atomic E-state index is 13.7. The van der Waals surface area contributed by atoms with E-state index in [0.717, 1.165) is 23.3 Å². The lowest BCUT2D eigenvalue weighted by atomic mass is 9.96. The zero-order valence-electron chi connectivity index (χ0n) is 16.5. The molecule has 2 N–H and O–H groups in total. The van der Waals surface area contributed by atoms with E-state index >= 15 is 0 Å². The zero-order valence-corrected chi connectivity index (χ0v) is 16.5. The molecule has 3 rings (SSSR count). The molecule has 1 aliphatic rings. The van der Waals surface area contributed by atoms with Gasteiger partial charge in [0.15, 0.2) is 11.5 Å². The number of carbonyl (C=O) groups is 1. The number of rotatable bonds is 5. The van der Waals surface area contributed by atoms with E-state index in [1.807, 2.05) is 38.1 Å². The normalized spacial score (nSPS) is 14.3. The molecule has 1 heterocycles. The topological polar surface area (TPSA) is 59.6 Å². The molecular weight excluding hydrogens is 359 g/mol. The number of halogens is 1. The van der Waals surface area contributed by atoms with Gasteiger partial charge in [-0.15, -0.1) is 0 Å². The molecule has 6 heteroatoms. The largest absolute Gasteiger partial charge is 0.490 e. The quantitative estimate of drug-likeness (QED) is 0.796. The van der Waals surface area contributed by atoms with Gasteiger partial charge >= 0.3 is 6.03 Å². The van der Waals surface area contributed by atoms with Crippen molar-refractivity contribution < 1.29 is 18.7 Å². The Bertz CT molecular complexity index is 839. The van der Waals surface area contributed by atoms with Crippen molar-refractivity contribution in [3.63, 3.8) is 0 Å². The summed E-state index contributed by atoms with van der Waals surface area (Å²) in [5, 5.41) is 5.81. The van der Waals surface area contributed by atoms with Crippen molar-refractivity contribution in [1.82, 2.24) is 10.6 Å². The summed E-state index contributed by atoms with van der Waals surface area (Å²) < 4.78 is 25.1. The highest BCUT2D eigenvalue weighted by Crippen LogP contribution is 2.34. The minimum Gasteiger partial charge on any atom is -0.490 e. The summed E-state index contributed by atoms with van der Waals surface area (Å²) in [6.45, 7) is 7.31. The average molecular weight is 386 g/mol. The van der Waals surface area contributed by atoms with Crippen molar-refractivity contribution >= 4 is 6.03 Å². The fraction of sp³-hybridized carbons (Fsp3) is 0.409. The molecule has 0 spiro atoms. The van der Waals surface area contributed by atoms with Crippen LogP contribution in [0.25, 0.3) is 0 Å². The third kappa shape index (κ3) is 4.94. The van der Waals surface area contributed by atoms with E-state index in [4.69, 9.17) is 9.47 Å². The van der Waals surface area contributed by atoms with E-state index < -0.39 is 0 Å². The SMILES string of the molecule is Cc1ccc(CNC(=O)NC(c2ccc3c(c2)OCCCO3)C(C)C)cc1F. The molecule has 0 aliphatic carbocycles. The molecular formula is C22H27FN2O3. The van der Waals surface area contributed by atoms with E-state index in [-0.39, 0.29) is 30.4 Å². The van der Waals surface area contributed by atoms with E-state index in [9.17, 15) is 9.18 Å². The highest BCUT2D eigenvalue weighted by atomic mass is 19.1. The standard InChI is InChI=1S/C22H27FN2O3/c1-14(2)21(17-7-8-19-20(12-17)28-10-4-9-27-19)25-22(26)24-13-16-6-5-15(3)18(23)11-16/h5-8,11-12,14,21H,4,9-10,13H2,1-3H3,(H2,24,25,26). The van der Waals surface area contributed by atoms with Crippen molar-refractivity contribution in [3.05, 3.63) is 58.9 Å². The van der Waals surface area contributed by atoms with Crippen LogP contribution in [-0.2, 0) is 6.54 Å². The van der Waals surface area contributed by atoms with Gasteiger partial charge in [0, 0.05) is 13.0 Å². The van der Waals surface area contributed by atoms with Crippen molar-refractivity contribution in [1.29, 1.82) is 0 Å². The van der Waals surface area contributed by atoms with Gasteiger partial charge in [-0.25, -0.2) is 9.18 Å². The molecule has 0 saturated carbocycles. The Morgan fingerprint density at radius 3 is 2.57 bits per heavy atom. The monoisotopic (exact) mass is 386 g/mol. The Kier molecular flexibility index (Phi) is 6.39. The van der Waals surface area contributed by atoms with Gasteiger partial charge in [-0.1, -0.05) is 32.0 Å². The Balaban J connectivity index is 1.66. The van der Waals surface area contributed by atoms with Crippen LogP contribution < -0.4 is 20.1 Å². The number of amides is 2. The second-order valence-electron chi connectivity index (χ2n) is 7.39. The molecule has 2 amide bonds. The maximum Gasteiger partial charge on any atom is 0.315 e. The van der Waals surface area contributed by atoms with Crippen LogP contribution in [0.15, 0.2) is 36.4 Å². The Labute approximate surface area is 165 Å². The molecule has 5 nitrogen and oxygen atoms in total. The van der Waals surface area contributed by atoms with Crippen LogP contribution in [0.2, 0.25) is 0 Å². The summed E-state index contributed by atoms with van der Waals surface area (Å²) in [6.07, 6.45) is 0.845. The van der Waals surface area contributed by atoms with Crippen LogP contribution in [0.3, 0.4) is 0 Å². The molecule has 1 unspecified atom stereocenters. The van der Waals surface area contributed by atoms with Crippen molar-refractivity contribution in [2.75, 3.05) is 13.2 Å². The predicted octanol–water partition coefficient (Wildman–Crippen LogP) is 4.49. The first-order chi connectivity index (χ1) is 13.4. The molecule has 1 atom stereocenters. The van der Waals surface area contributed by atoms with Gasteiger partial charge in [-0.2, -0.15) is 0 Å². The fourth-order valence-electron chi connectivity index (χ4n) is 3.13. The fourth-order valence-corrected chi connectivity index (χ4v) is 3.13. The lowest BCUT2D eigenvalue weighted by Gasteiger charge is -2.24. The average Bonchev–Trinajstić information content (AvgIpc) is 2.91. The summed E-state index contributed by atoms with van der Waals surface area (Å²) in [6, 6.07) is 10.2. The van der Waals surface area contributed by atoms with Gasteiger partial charge in [0.25, 0.3) is 0 Å². The molecule has 2 aromatic rings. The second kappa shape index (κ2) is 8.95. The van der Waals surface area contributed by atoms with Gasteiger partial charge in [-0.3, -0.25) is 0 Å². The summed E-state index contributed by atoms with van der Waals surface area (Å²) in [4.78, 5) is 12.4. The van der Waals surface area contributed by atoms with Crippen molar-refractivity contribution in [2.24, 2.45) is 5.92 Å². The Morgan fingerprint density at radius 2 is 1.86 bits per heavy atom. The Hall–Kier alpha value is -2.76. The van der Waals surface area contributed by atoms with Crippen molar-refractivity contribution in [2.45, 2.75) is 39.8 Å². The van der Waals surface area contributed by atoms with Crippen LogP contribution in [0, 0.1) is 18.7 Å². The molecule has 0 aromatic heterocycles. The lowest BCUT2D eigenvalue weighted by Crippen LogP contribution is -2.39. The van der Waals surface area contributed by atoms with Gasteiger partial charge in [0.2, 0.25) is 0 Å². The van der Waals surface area contributed by atoms with Crippen LogP contribution in [-0.4, -0.2) is 19.2 Å². The smallest absolute Gasteiger partial charge is 0.315 e. The molecule has 0 bridgehead atoms. The number of benzene rings is 2. The predicted molar refractivity (Wildman–Crippen MR) is 106 cm³/mol. The first-order valence-electron chi connectivity index (χ1n) is 9.63. The number of ether oxygens (including phenoxy) is 2. The Morgan fingerprint density at radius 1 is 1.11 bits per heavy atom. The molecule has 2 aromatic carbocycles. The van der Waals surface area contributed by atoms with Gasteiger partial charge in [-0.05, 0) is 47.7 Å². The number of fused-ring (bicyclic) bond motifs is 1. The van der Waals surface area contributed by atoms with Crippen LogP contribution in [0.4, 0.5) is 9.18 Å². The maximum atomic E-state index is 13.7. The van der Waals surface area contributed by atoms with Gasteiger partial charge in [0.1, 0.15) is 5.82 Å². The molecule has 0 radical (unpaired) electrons. The first-order valence-corrected chi connectivity index (χ1v) is 9.63. The molecule has 150 valence electrons. The van der Waals surface area contributed by atoms with E-state index in [1.54, 1.807) is 13.0 Å². The van der Waals surface area contributed by atoms with E-state index in [2.05, 4.69) is 10.6 Å². The third-order valence-electron chi connectivity index (χ3n) is 4.77. The highest BCUT2D eigenvalue weighted by molar-refractivity contribution is 5.74. The third-order valence-corrected chi connectivity index (χ3v) is 4.77. The van der Waals surface area contributed by atoms with Gasteiger partial charge < -0.3 is 20.1 Å². The molecule has 28 heavy (non-hydrogen) atoms. The molecule has 1 aliphatic heterocycles. The summed E-state index contributed by atoms with van der Waals surface area (Å²) >= 11 is 0. The van der Waals surface area contributed by atoms with Crippen LogP contribution >= 0.6 is 0 Å². The number of carbonyl (C=O) groups excluding carboxylic acids is 1. The lowest BCUT2D eigenvalue weighted by molar-refractivity contribution is 0.232. The number of hydrogen-bond acceptors (Lipinski definition) is 3. The van der Waals surface area contributed by atoms with Crippen molar-refractivity contribution in [3.8, 4) is 11.5 Å². The minimum atomic E-state index is -0.299. The zero-order chi connectivity index (χ0) is 20.1. The van der Waals surface area contributed by atoms with E-state index in [0.29, 0.717) is 24.5 Å².